The number of nitrogens with one attached hydrogen (secondary N) is 1. The van der Waals surface area contributed by atoms with Crippen molar-refractivity contribution in [1.82, 2.24) is 9.88 Å². The summed E-state index contributed by atoms with van der Waals surface area (Å²) in [5.74, 6) is 0.918. The number of carbonyl (C=O) groups excluding carboxylic acids is 2. The average molecular weight is 576 g/mol. The molecule has 0 bridgehead atoms. The second-order valence-corrected chi connectivity index (χ2v) is 12.5. The predicted molar refractivity (Wildman–Crippen MR) is 169 cm³/mol. The van der Waals surface area contributed by atoms with E-state index in [9.17, 15) is 9.59 Å². The molecule has 0 spiro atoms. The molecule has 0 saturated heterocycles. The molecular formula is C36H37N3O4. The molecule has 7 heteroatoms. The lowest BCUT2D eigenvalue weighted by Gasteiger charge is -2.26. The first-order valence-electron chi connectivity index (χ1n) is 15.3. The molecule has 220 valence electrons. The van der Waals surface area contributed by atoms with Crippen LogP contribution in [-0.2, 0) is 17.7 Å². The first-order chi connectivity index (χ1) is 20.8. The number of hydrogen-bond acceptors (Lipinski definition) is 5. The standard InChI is InChI=1S/C36H37N3O4/c1-36(2,31-21-25-19-24(35(41)42-3)14-16-28(25)37-31)38-34(40)23-13-15-26-29(20-23)39-17-18-43-30-12-8-7-11-27(30)33(39)32(26)22-9-5-4-6-10-22/h7-8,11-16,19-20,22H,4-6,9-10,17-18,21H2,1-3H3,(H,38,40). The molecule has 1 aromatic heterocycles. The number of amides is 1. The van der Waals surface area contributed by atoms with Crippen LogP contribution in [0.15, 0.2) is 65.7 Å². The summed E-state index contributed by atoms with van der Waals surface area (Å²) in [6.07, 6.45) is 6.74. The maximum absolute atomic E-state index is 13.8. The lowest BCUT2D eigenvalue weighted by Crippen LogP contribution is -2.49. The van der Waals surface area contributed by atoms with Crippen molar-refractivity contribution in [3.05, 3.63) is 82.9 Å². The number of fused-ring (bicyclic) bond motifs is 6. The molecule has 0 unspecified atom stereocenters. The van der Waals surface area contributed by atoms with Crippen LogP contribution in [0.4, 0.5) is 5.69 Å². The minimum Gasteiger partial charge on any atom is -0.491 e. The minimum atomic E-state index is -0.688. The highest BCUT2D eigenvalue weighted by atomic mass is 16.5. The van der Waals surface area contributed by atoms with Gasteiger partial charge in [0.1, 0.15) is 12.4 Å². The Morgan fingerprint density at radius 1 is 1.00 bits per heavy atom. The number of esters is 1. The fourth-order valence-corrected chi connectivity index (χ4v) is 7.11. The quantitative estimate of drug-likeness (QED) is 0.252. The van der Waals surface area contributed by atoms with E-state index < -0.39 is 5.54 Å². The molecule has 0 atom stereocenters. The first kappa shape index (κ1) is 27.4. The molecule has 1 N–H and O–H groups in total. The first-order valence-corrected chi connectivity index (χ1v) is 15.3. The van der Waals surface area contributed by atoms with Gasteiger partial charge >= 0.3 is 5.97 Å². The van der Waals surface area contributed by atoms with E-state index >= 15 is 0 Å². The molecular weight excluding hydrogens is 538 g/mol. The van der Waals surface area contributed by atoms with E-state index in [2.05, 4.69) is 40.2 Å². The van der Waals surface area contributed by atoms with Gasteiger partial charge in [-0.05, 0) is 86.2 Å². The molecule has 3 aromatic carbocycles. The fraction of sp³-hybridized carbons (Fsp3) is 0.361. The second kappa shape index (κ2) is 10.7. The Balaban J connectivity index is 1.22. The van der Waals surface area contributed by atoms with Gasteiger partial charge in [0.2, 0.25) is 0 Å². The van der Waals surface area contributed by atoms with Gasteiger partial charge in [0, 0.05) is 34.2 Å². The zero-order valence-electron chi connectivity index (χ0n) is 25.0. The number of aliphatic imine (C=N–C) groups is 1. The summed E-state index contributed by atoms with van der Waals surface area (Å²) in [5.41, 5.74) is 7.94. The Morgan fingerprint density at radius 3 is 2.60 bits per heavy atom. The van der Waals surface area contributed by atoms with Crippen LogP contribution in [0.1, 0.15) is 83.7 Å². The van der Waals surface area contributed by atoms with Crippen molar-refractivity contribution < 1.29 is 19.1 Å². The highest BCUT2D eigenvalue weighted by Gasteiger charge is 2.33. The van der Waals surface area contributed by atoms with Crippen LogP contribution in [0.25, 0.3) is 22.2 Å². The molecule has 3 aliphatic rings. The van der Waals surface area contributed by atoms with Gasteiger partial charge in [-0.25, -0.2) is 4.79 Å². The van der Waals surface area contributed by atoms with Crippen molar-refractivity contribution >= 4 is 34.2 Å². The normalized spacial score (nSPS) is 16.4. The molecule has 0 radical (unpaired) electrons. The van der Waals surface area contributed by atoms with Gasteiger partial charge in [0.15, 0.2) is 0 Å². The third kappa shape index (κ3) is 4.81. The Kier molecular flexibility index (Phi) is 6.83. The Hall–Kier alpha value is -4.39. The van der Waals surface area contributed by atoms with Crippen LogP contribution in [0.2, 0.25) is 0 Å². The number of para-hydroxylation sites is 1. The van der Waals surface area contributed by atoms with Crippen molar-refractivity contribution in [2.75, 3.05) is 13.7 Å². The molecule has 1 amide bonds. The number of aromatic nitrogens is 1. The number of hydrogen-bond donors (Lipinski definition) is 1. The number of methoxy groups -OCH3 is 1. The minimum absolute atomic E-state index is 0.138. The number of carbonyl (C=O) groups is 2. The largest absolute Gasteiger partial charge is 0.491 e. The van der Waals surface area contributed by atoms with E-state index in [0.717, 1.165) is 40.3 Å². The summed E-state index contributed by atoms with van der Waals surface area (Å²) in [7, 11) is 1.38. The predicted octanol–water partition coefficient (Wildman–Crippen LogP) is 7.37. The van der Waals surface area contributed by atoms with E-state index in [1.165, 1.54) is 55.9 Å². The van der Waals surface area contributed by atoms with Crippen LogP contribution in [0.5, 0.6) is 5.75 Å². The van der Waals surface area contributed by atoms with E-state index in [4.69, 9.17) is 14.5 Å². The SMILES string of the molecule is COC(=O)c1ccc2c(c1)CC(C(C)(C)NC(=O)c1ccc3c(C4CCCCC4)c4n(c3c1)CCOc1ccccc1-4)=N2. The topological polar surface area (TPSA) is 81.9 Å². The van der Waals surface area contributed by atoms with E-state index in [1.807, 2.05) is 38.1 Å². The molecule has 3 heterocycles. The maximum Gasteiger partial charge on any atom is 0.337 e. The van der Waals surface area contributed by atoms with Crippen LogP contribution in [0.3, 0.4) is 0 Å². The van der Waals surface area contributed by atoms with Gasteiger partial charge in [0.05, 0.1) is 36.1 Å². The van der Waals surface area contributed by atoms with Gasteiger partial charge in [-0.2, -0.15) is 0 Å². The van der Waals surface area contributed by atoms with Crippen molar-refractivity contribution in [2.45, 2.75) is 70.4 Å². The summed E-state index contributed by atoms with van der Waals surface area (Å²) in [6, 6.07) is 19.9. The van der Waals surface area contributed by atoms with Gasteiger partial charge < -0.3 is 19.4 Å². The zero-order chi connectivity index (χ0) is 29.7. The van der Waals surface area contributed by atoms with E-state index in [0.29, 0.717) is 30.1 Å². The van der Waals surface area contributed by atoms with E-state index in [1.54, 1.807) is 6.07 Å². The molecule has 43 heavy (non-hydrogen) atoms. The smallest absolute Gasteiger partial charge is 0.337 e. The number of nitrogens with zero attached hydrogens (tertiary/aromatic N) is 2. The summed E-state index contributed by atoms with van der Waals surface area (Å²) < 4.78 is 13.4. The molecule has 7 rings (SSSR count). The monoisotopic (exact) mass is 575 g/mol. The number of rotatable bonds is 5. The van der Waals surface area contributed by atoms with Crippen molar-refractivity contribution in [2.24, 2.45) is 4.99 Å². The summed E-state index contributed by atoms with van der Waals surface area (Å²) >= 11 is 0. The maximum atomic E-state index is 13.8. The zero-order valence-corrected chi connectivity index (χ0v) is 25.0. The van der Waals surface area contributed by atoms with Gasteiger partial charge in [-0.15, -0.1) is 0 Å². The summed E-state index contributed by atoms with van der Waals surface area (Å²) in [5, 5.41) is 4.49. The molecule has 1 saturated carbocycles. The lowest BCUT2D eigenvalue weighted by molar-refractivity contribution is 0.0600. The van der Waals surface area contributed by atoms with Crippen molar-refractivity contribution in [3.8, 4) is 17.0 Å². The average Bonchev–Trinajstić information content (AvgIpc) is 3.54. The van der Waals surface area contributed by atoms with Crippen LogP contribution in [0, 0.1) is 0 Å². The van der Waals surface area contributed by atoms with Crippen LogP contribution in [-0.4, -0.2) is 41.4 Å². The van der Waals surface area contributed by atoms with Gasteiger partial charge in [-0.3, -0.25) is 9.79 Å². The molecule has 4 aromatic rings. The lowest BCUT2D eigenvalue weighted by atomic mass is 9.81. The number of ether oxygens (including phenoxy) is 2. The molecule has 7 nitrogen and oxygen atoms in total. The van der Waals surface area contributed by atoms with Crippen LogP contribution >= 0.6 is 0 Å². The molecule has 2 aliphatic heterocycles. The molecule has 1 aliphatic carbocycles. The Labute approximate surface area is 251 Å². The van der Waals surface area contributed by atoms with Crippen molar-refractivity contribution in [1.29, 1.82) is 0 Å². The third-order valence-corrected chi connectivity index (χ3v) is 9.36. The fourth-order valence-electron chi connectivity index (χ4n) is 7.11. The molecule has 1 fully saturated rings. The number of benzene rings is 3. The van der Waals surface area contributed by atoms with E-state index in [-0.39, 0.29) is 11.9 Å². The summed E-state index contributed by atoms with van der Waals surface area (Å²) in [6.45, 7) is 5.27. The van der Waals surface area contributed by atoms with Crippen LogP contribution < -0.4 is 10.1 Å². The Morgan fingerprint density at radius 2 is 1.79 bits per heavy atom. The highest BCUT2D eigenvalue weighted by Crippen LogP contribution is 2.47. The van der Waals surface area contributed by atoms with Gasteiger partial charge in [-0.1, -0.05) is 37.5 Å². The summed E-state index contributed by atoms with van der Waals surface area (Å²) in [4.78, 5) is 30.6. The highest BCUT2D eigenvalue weighted by molar-refractivity contribution is 6.07. The Bertz CT molecular complexity index is 1790. The van der Waals surface area contributed by atoms with Crippen molar-refractivity contribution in [3.63, 3.8) is 0 Å². The second-order valence-electron chi connectivity index (χ2n) is 12.5. The van der Waals surface area contributed by atoms with Gasteiger partial charge in [0.25, 0.3) is 5.91 Å². The third-order valence-electron chi connectivity index (χ3n) is 9.36.